The molecule has 2 amide bonds. The molecule has 0 spiro atoms. The van der Waals surface area contributed by atoms with Gasteiger partial charge in [-0.1, -0.05) is 12.1 Å². The molecule has 0 aliphatic rings. The molecule has 0 bridgehead atoms. The summed E-state index contributed by atoms with van der Waals surface area (Å²) in [6.07, 6.45) is -4.62. The molecule has 0 radical (unpaired) electrons. The van der Waals surface area contributed by atoms with Gasteiger partial charge in [0.05, 0.1) is 24.3 Å². The highest BCUT2D eigenvalue weighted by Gasteiger charge is 2.33. The van der Waals surface area contributed by atoms with Crippen molar-refractivity contribution >= 4 is 23.2 Å². The monoisotopic (exact) mass is 401 g/mol. The highest BCUT2D eigenvalue weighted by Crippen LogP contribution is 2.34. The number of benzene rings is 2. The van der Waals surface area contributed by atoms with E-state index in [-0.39, 0.29) is 24.5 Å². The maximum absolute atomic E-state index is 13.1. The number of alkyl halides is 3. The maximum Gasteiger partial charge on any atom is 0.418 e. The largest absolute Gasteiger partial charge is 0.418 e. The lowest BCUT2D eigenvalue weighted by atomic mass is 10.1. The molecule has 28 heavy (non-hydrogen) atoms. The molecule has 0 fully saturated rings. The Hall–Kier alpha value is -3.01. The number of nitrogens with one attached hydrogen (secondary N) is 2. The molecule has 0 aromatic heterocycles. The molecule has 10 heteroatoms. The van der Waals surface area contributed by atoms with E-state index >= 15 is 0 Å². The predicted molar refractivity (Wildman–Crippen MR) is 92.6 cm³/mol. The molecule has 2 rings (SSSR count). The number of likely N-dealkylation sites (N-methyl/N-ethyl adjacent to an activating group) is 1. The van der Waals surface area contributed by atoms with Gasteiger partial charge in [-0.25, -0.2) is 8.78 Å². The number of rotatable bonds is 6. The van der Waals surface area contributed by atoms with Crippen molar-refractivity contribution in [2.75, 3.05) is 30.8 Å². The quantitative estimate of drug-likeness (QED) is 0.729. The smallest absolute Gasteiger partial charge is 0.325 e. The lowest BCUT2D eigenvalue weighted by molar-refractivity contribution is -0.137. The van der Waals surface area contributed by atoms with Gasteiger partial charge < -0.3 is 10.6 Å². The number of amides is 2. The van der Waals surface area contributed by atoms with E-state index in [2.05, 4.69) is 10.6 Å². The van der Waals surface area contributed by atoms with Crippen LogP contribution in [0, 0.1) is 11.6 Å². The molecule has 0 aliphatic carbocycles. The minimum atomic E-state index is -4.62. The van der Waals surface area contributed by atoms with Crippen LogP contribution in [-0.2, 0) is 15.8 Å². The summed E-state index contributed by atoms with van der Waals surface area (Å²) < 4.78 is 64.8. The molecule has 0 atom stereocenters. The molecule has 150 valence electrons. The molecule has 0 saturated carbocycles. The van der Waals surface area contributed by atoms with Gasteiger partial charge in [0, 0.05) is 11.8 Å². The molecular weight excluding hydrogens is 385 g/mol. The fraction of sp³-hybridized carbons (Fsp3) is 0.222. The Balaban J connectivity index is 1.90. The average molecular weight is 401 g/mol. The second kappa shape index (κ2) is 8.79. The summed E-state index contributed by atoms with van der Waals surface area (Å²) >= 11 is 0. The second-order valence-electron chi connectivity index (χ2n) is 5.94. The van der Waals surface area contributed by atoms with Crippen LogP contribution in [0.3, 0.4) is 0 Å². The highest BCUT2D eigenvalue weighted by molar-refractivity contribution is 5.95. The van der Waals surface area contributed by atoms with Gasteiger partial charge in [-0.3, -0.25) is 14.5 Å². The van der Waals surface area contributed by atoms with Crippen LogP contribution in [0.1, 0.15) is 5.56 Å². The van der Waals surface area contributed by atoms with Gasteiger partial charge in [0.15, 0.2) is 11.6 Å². The van der Waals surface area contributed by atoms with E-state index < -0.39 is 35.2 Å². The topological polar surface area (TPSA) is 61.4 Å². The summed E-state index contributed by atoms with van der Waals surface area (Å²) in [6, 6.07) is 7.33. The molecule has 2 N–H and O–H groups in total. The Kier molecular flexibility index (Phi) is 6.68. The Morgan fingerprint density at radius 3 is 2.14 bits per heavy atom. The predicted octanol–water partition coefficient (Wildman–Crippen LogP) is 3.49. The van der Waals surface area contributed by atoms with Crippen LogP contribution in [-0.4, -0.2) is 36.9 Å². The summed E-state index contributed by atoms with van der Waals surface area (Å²) in [5.74, 6) is -3.56. The minimum absolute atomic E-state index is 0.0286. The summed E-state index contributed by atoms with van der Waals surface area (Å²) in [7, 11) is 1.40. The van der Waals surface area contributed by atoms with Crippen LogP contribution >= 0.6 is 0 Å². The van der Waals surface area contributed by atoms with Crippen molar-refractivity contribution in [3.63, 3.8) is 0 Å². The van der Waals surface area contributed by atoms with E-state index in [1.165, 1.54) is 24.1 Å². The molecular formula is C18H16F5N3O2. The molecule has 2 aromatic carbocycles. The zero-order valence-electron chi connectivity index (χ0n) is 14.6. The van der Waals surface area contributed by atoms with Crippen LogP contribution in [0.4, 0.5) is 33.3 Å². The van der Waals surface area contributed by atoms with Crippen molar-refractivity contribution in [3.8, 4) is 0 Å². The van der Waals surface area contributed by atoms with Gasteiger partial charge in [0.1, 0.15) is 0 Å². The Morgan fingerprint density at radius 1 is 0.929 bits per heavy atom. The van der Waals surface area contributed by atoms with E-state index in [0.717, 1.165) is 30.3 Å². The van der Waals surface area contributed by atoms with Gasteiger partial charge in [-0.05, 0) is 31.3 Å². The molecule has 0 unspecified atom stereocenters. The van der Waals surface area contributed by atoms with Crippen molar-refractivity contribution in [2.24, 2.45) is 0 Å². The van der Waals surface area contributed by atoms with Crippen molar-refractivity contribution in [1.82, 2.24) is 4.90 Å². The van der Waals surface area contributed by atoms with Gasteiger partial charge in [0.2, 0.25) is 11.8 Å². The zero-order chi connectivity index (χ0) is 20.9. The van der Waals surface area contributed by atoms with Gasteiger partial charge in [-0.15, -0.1) is 0 Å². The number of hydrogen-bond acceptors (Lipinski definition) is 3. The molecule has 2 aromatic rings. The maximum atomic E-state index is 13.1. The Bertz CT molecular complexity index is 871. The molecule has 0 heterocycles. The van der Waals surface area contributed by atoms with E-state index in [1.807, 2.05) is 0 Å². The van der Waals surface area contributed by atoms with Gasteiger partial charge >= 0.3 is 6.18 Å². The fourth-order valence-corrected chi connectivity index (χ4v) is 2.35. The van der Waals surface area contributed by atoms with E-state index in [1.54, 1.807) is 0 Å². The fourth-order valence-electron chi connectivity index (χ4n) is 2.35. The van der Waals surface area contributed by atoms with Crippen LogP contribution in [0.2, 0.25) is 0 Å². The second-order valence-corrected chi connectivity index (χ2v) is 5.94. The number of carbonyl (C=O) groups is 2. The lowest BCUT2D eigenvalue weighted by Crippen LogP contribution is -2.36. The van der Waals surface area contributed by atoms with Crippen molar-refractivity contribution in [2.45, 2.75) is 6.18 Å². The molecule has 0 saturated heterocycles. The third-order valence-corrected chi connectivity index (χ3v) is 3.54. The number of hydrogen-bond donors (Lipinski definition) is 2. The van der Waals surface area contributed by atoms with E-state index in [4.69, 9.17) is 0 Å². The number of carbonyl (C=O) groups excluding carboxylic acids is 2. The Morgan fingerprint density at radius 2 is 1.54 bits per heavy atom. The number of halogens is 5. The van der Waals surface area contributed by atoms with Crippen molar-refractivity contribution in [1.29, 1.82) is 0 Å². The molecule has 0 aliphatic heterocycles. The number of nitrogens with zero attached hydrogens (tertiary/aromatic N) is 1. The normalized spacial score (nSPS) is 11.4. The molecule has 5 nitrogen and oxygen atoms in total. The minimum Gasteiger partial charge on any atom is -0.325 e. The summed E-state index contributed by atoms with van der Waals surface area (Å²) in [6.45, 7) is -0.662. The first-order chi connectivity index (χ1) is 13.1. The van der Waals surface area contributed by atoms with Crippen molar-refractivity contribution in [3.05, 3.63) is 59.7 Å². The van der Waals surface area contributed by atoms with Crippen LogP contribution in [0.5, 0.6) is 0 Å². The summed E-state index contributed by atoms with van der Waals surface area (Å²) in [5, 5.41) is 4.49. The SMILES string of the molecule is CN(CC(=O)Nc1ccc(F)c(F)c1)CC(=O)Nc1ccccc1C(F)(F)F. The third kappa shape index (κ3) is 6.02. The first-order valence-electron chi connectivity index (χ1n) is 7.96. The van der Waals surface area contributed by atoms with Crippen molar-refractivity contribution < 1.29 is 31.5 Å². The van der Waals surface area contributed by atoms with Crippen LogP contribution < -0.4 is 10.6 Å². The highest BCUT2D eigenvalue weighted by atomic mass is 19.4. The average Bonchev–Trinajstić information content (AvgIpc) is 2.57. The first-order valence-corrected chi connectivity index (χ1v) is 7.96. The Labute approximate surface area is 157 Å². The zero-order valence-corrected chi connectivity index (χ0v) is 14.6. The van der Waals surface area contributed by atoms with Gasteiger partial charge in [0.25, 0.3) is 0 Å². The third-order valence-electron chi connectivity index (χ3n) is 3.54. The number of para-hydroxylation sites is 1. The van der Waals surface area contributed by atoms with E-state index in [9.17, 15) is 31.5 Å². The summed E-state index contributed by atoms with van der Waals surface area (Å²) in [5.41, 5.74) is -1.34. The van der Waals surface area contributed by atoms with Gasteiger partial charge in [-0.2, -0.15) is 13.2 Å². The first kappa shape index (κ1) is 21.3. The van der Waals surface area contributed by atoms with E-state index in [0.29, 0.717) is 0 Å². The van der Waals surface area contributed by atoms with Crippen LogP contribution in [0.25, 0.3) is 0 Å². The lowest BCUT2D eigenvalue weighted by Gasteiger charge is -2.17. The summed E-state index contributed by atoms with van der Waals surface area (Å²) in [4.78, 5) is 25.1. The standard InChI is InChI=1S/C18H16F5N3O2/c1-26(9-16(27)24-11-6-7-13(19)14(20)8-11)10-17(28)25-15-5-3-2-4-12(15)18(21,22)23/h2-8H,9-10H2,1H3,(H,24,27)(H,25,28). The van der Waals surface area contributed by atoms with Crippen LogP contribution in [0.15, 0.2) is 42.5 Å². The number of anilines is 2.